The van der Waals surface area contributed by atoms with Crippen molar-refractivity contribution in [2.75, 3.05) is 38.1 Å². The molecule has 1 amide bonds. The third-order valence-electron chi connectivity index (χ3n) is 5.53. The zero-order valence-corrected chi connectivity index (χ0v) is 18.6. The lowest BCUT2D eigenvalue weighted by atomic mass is 10.2. The number of anilines is 2. The molecule has 172 valence electrons. The minimum absolute atomic E-state index is 0.0232. The van der Waals surface area contributed by atoms with Gasteiger partial charge in [-0.15, -0.1) is 0 Å². The zero-order valence-electron chi connectivity index (χ0n) is 18.6. The van der Waals surface area contributed by atoms with Crippen LogP contribution in [0.4, 0.5) is 11.6 Å². The predicted molar refractivity (Wildman–Crippen MR) is 131 cm³/mol. The highest BCUT2D eigenvalue weighted by Gasteiger charge is 2.19. The summed E-state index contributed by atoms with van der Waals surface area (Å²) in [7, 11) is 0. The Hall–Kier alpha value is -4.24. The summed E-state index contributed by atoms with van der Waals surface area (Å²) in [6, 6.07) is 13.2. The van der Waals surface area contributed by atoms with Crippen molar-refractivity contribution < 1.29 is 9.53 Å². The van der Waals surface area contributed by atoms with Gasteiger partial charge in [0.2, 0.25) is 5.95 Å². The molecule has 9 heteroatoms. The molecule has 1 aromatic carbocycles. The van der Waals surface area contributed by atoms with Gasteiger partial charge in [0.05, 0.1) is 11.4 Å². The van der Waals surface area contributed by atoms with Crippen LogP contribution in [0, 0.1) is 0 Å². The molecule has 5 rings (SSSR count). The molecular formula is C25H25N7O2. The third kappa shape index (κ3) is 4.74. The van der Waals surface area contributed by atoms with E-state index in [1.165, 1.54) is 0 Å². The molecule has 0 bridgehead atoms. The third-order valence-corrected chi connectivity index (χ3v) is 5.53. The number of nitrogens with zero attached hydrogens (tertiary/aromatic N) is 4. The van der Waals surface area contributed by atoms with Crippen molar-refractivity contribution in [1.82, 2.24) is 30.2 Å². The number of nitrogens with one attached hydrogen (secondary N) is 3. The molecule has 4 aromatic rings. The number of pyridine rings is 1. The molecule has 1 fully saturated rings. The largest absolute Gasteiger partial charge is 0.489 e. The van der Waals surface area contributed by atoms with Crippen LogP contribution < -0.4 is 15.4 Å². The predicted octanol–water partition coefficient (Wildman–Crippen LogP) is 3.37. The highest BCUT2D eigenvalue weighted by atomic mass is 16.5. The first-order chi connectivity index (χ1) is 16.7. The van der Waals surface area contributed by atoms with Crippen LogP contribution in [0.3, 0.4) is 0 Å². The lowest BCUT2D eigenvalue weighted by Crippen LogP contribution is -2.46. The van der Waals surface area contributed by atoms with Crippen LogP contribution >= 0.6 is 0 Å². The van der Waals surface area contributed by atoms with Crippen molar-refractivity contribution in [3.8, 4) is 17.1 Å². The van der Waals surface area contributed by atoms with Crippen molar-refractivity contribution >= 4 is 28.4 Å². The van der Waals surface area contributed by atoms with Gasteiger partial charge in [0.1, 0.15) is 18.1 Å². The molecule has 0 atom stereocenters. The molecule has 0 aliphatic carbocycles. The topological polar surface area (TPSA) is 108 Å². The number of rotatable bonds is 7. The maximum Gasteiger partial charge on any atom is 0.270 e. The summed E-state index contributed by atoms with van der Waals surface area (Å²) in [5.74, 6) is 1.17. The second-order valence-corrected chi connectivity index (χ2v) is 7.89. The Morgan fingerprint density at radius 2 is 1.94 bits per heavy atom. The van der Waals surface area contributed by atoms with E-state index in [4.69, 9.17) is 4.74 Å². The standard InChI is InChI=1S/C25H25N7O2/c1-2-13-34-19-5-7-27-22(16-19)21-6-8-28-25(31-21)29-18-3-4-20-17(14-18)15-23(30-20)24(33)32-11-9-26-10-12-32/h2-8,14-16,26,30H,1,9-13H2,(H,28,29,31). The fraction of sp³-hybridized carbons (Fsp3) is 0.200. The molecule has 1 saturated heterocycles. The number of carbonyl (C=O) groups is 1. The number of aromatic amines is 1. The number of hydrogen-bond acceptors (Lipinski definition) is 7. The van der Waals surface area contributed by atoms with Gasteiger partial charge in [-0.25, -0.2) is 9.97 Å². The van der Waals surface area contributed by atoms with E-state index in [-0.39, 0.29) is 5.91 Å². The number of fused-ring (bicyclic) bond motifs is 1. The maximum atomic E-state index is 12.8. The summed E-state index contributed by atoms with van der Waals surface area (Å²) >= 11 is 0. The van der Waals surface area contributed by atoms with E-state index in [0.29, 0.717) is 48.5 Å². The summed E-state index contributed by atoms with van der Waals surface area (Å²) in [6.07, 6.45) is 5.06. The number of benzene rings is 1. The van der Waals surface area contributed by atoms with Crippen LogP contribution in [0.1, 0.15) is 10.5 Å². The highest BCUT2D eigenvalue weighted by Crippen LogP contribution is 2.24. The molecule has 0 radical (unpaired) electrons. The number of ether oxygens (including phenoxy) is 1. The monoisotopic (exact) mass is 455 g/mol. The van der Waals surface area contributed by atoms with Gasteiger partial charge in [-0.2, -0.15) is 0 Å². The first kappa shape index (κ1) is 21.6. The van der Waals surface area contributed by atoms with Crippen LogP contribution in [-0.2, 0) is 0 Å². The Bertz CT molecular complexity index is 1330. The van der Waals surface area contributed by atoms with Crippen molar-refractivity contribution in [2.24, 2.45) is 0 Å². The van der Waals surface area contributed by atoms with E-state index in [0.717, 1.165) is 29.7 Å². The Morgan fingerprint density at radius 3 is 2.79 bits per heavy atom. The molecule has 3 N–H and O–H groups in total. The summed E-state index contributed by atoms with van der Waals surface area (Å²) < 4.78 is 5.59. The minimum atomic E-state index is 0.0232. The van der Waals surface area contributed by atoms with Gasteiger partial charge >= 0.3 is 0 Å². The van der Waals surface area contributed by atoms with E-state index < -0.39 is 0 Å². The van der Waals surface area contributed by atoms with Gasteiger partial charge in [0.25, 0.3) is 5.91 Å². The van der Waals surface area contributed by atoms with Crippen molar-refractivity contribution in [2.45, 2.75) is 0 Å². The van der Waals surface area contributed by atoms with Crippen LogP contribution in [0.2, 0.25) is 0 Å². The molecule has 0 spiro atoms. The van der Waals surface area contributed by atoms with Gasteiger partial charge in [-0.3, -0.25) is 9.78 Å². The SMILES string of the molecule is C=CCOc1ccnc(-c2ccnc(Nc3ccc4[nH]c(C(=O)N5CCNCC5)cc4c3)n2)c1. The van der Waals surface area contributed by atoms with Crippen molar-refractivity contribution in [1.29, 1.82) is 0 Å². The summed E-state index contributed by atoms with van der Waals surface area (Å²) in [6.45, 7) is 7.16. The van der Waals surface area contributed by atoms with Gasteiger partial charge in [-0.05, 0) is 36.4 Å². The van der Waals surface area contributed by atoms with Crippen LogP contribution in [0.5, 0.6) is 5.75 Å². The van der Waals surface area contributed by atoms with E-state index >= 15 is 0 Å². The molecule has 1 aliphatic heterocycles. The lowest BCUT2D eigenvalue weighted by Gasteiger charge is -2.26. The first-order valence-electron chi connectivity index (χ1n) is 11.1. The maximum absolute atomic E-state index is 12.8. The Morgan fingerprint density at radius 1 is 1.09 bits per heavy atom. The number of hydrogen-bond donors (Lipinski definition) is 3. The number of amides is 1. The van der Waals surface area contributed by atoms with Crippen molar-refractivity contribution in [3.63, 3.8) is 0 Å². The molecule has 9 nitrogen and oxygen atoms in total. The Kier molecular flexibility index (Phi) is 6.17. The second-order valence-electron chi connectivity index (χ2n) is 7.89. The van der Waals surface area contributed by atoms with Gasteiger partial charge < -0.3 is 25.3 Å². The van der Waals surface area contributed by atoms with Crippen molar-refractivity contribution in [3.05, 3.63) is 73.2 Å². The Balaban J connectivity index is 1.34. The van der Waals surface area contributed by atoms with Gasteiger partial charge in [-0.1, -0.05) is 12.7 Å². The molecule has 4 heterocycles. The first-order valence-corrected chi connectivity index (χ1v) is 11.1. The van der Waals surface area contributed by atoms with Crippen LogP contribution in [0.15, 0.2) is 67.5 Å². The molecular weight excluding hydrogens is 430 g/mol. The van der Waals surface area contributed by atoms with E-state index in [1.807, 2.05) is 35.2 Å². The number of piperazine rings is 1. The smallest absolute Gasteiger partial charge is 0.270 e. The second kappa shape index (κ2) is 9.72. The number of H-pyrrole nitrogens is 1. The zero-order chi connectivity index (χ0) is 23.3. The van der Waals surface area contributed by atoms with E-state index in [2.05, 4.69) is 37.1 Å². The average molecular weight is 456 g/mol. The number of aromatic nitrogens is 4. The molecule has 0 saturated carbocycles. The molecule has 1 aliphatic rings. The van der Waals surface area contributed by atoms with E-state index in [1.54, 1.807) is 30.6 Å². The lowest BCUT2D eigenvalue weighted by molar-refractivity contribution is 0.0731. The summed E-state index contributed by atoms with van der Waals surface area (Å²) in [4.78, 5) is 31.2. The van der Waals surface area contributed by atoms with Gasteiger partial charge in [0.15, 0.2) is 0 Å². The van der Waals surface area contributed by atoms with Gasteiger partial charge in [0, 0.05) is 61.2 Å². The molecule has 0 unspecified atom stereocenters. The minimum Gasteiger partial charge on any atom is -0.489 e. The average Bonchev–Trinajstić information content (AvgIpc) is 3.31. The van der Waals surface area contributed by atoms with E-state index in [9.17, 15) is 4.79 Å². The molecule has 3 aromatic heterocycles. The summed E-state index contributed by atoms with van der Waals surface area (Å²) in [5, 5.41) is 7.45. The highest BCUT2D eigenvalue weighted by molar-refractivity contribution is 5.98. The summed E-state index contributed by atoms with van der Waals surface area (Å²) in [5.41, 5.74) is 3.68. The normalized spacial score (nSPS) is 13.6. The fourth-order valence-corrected chi connectivity index (χ4v) is 3.85. The fourth-order valence-electron chi connectivity index (χ4n) is 3.85. The Labute approximate surface area is 196 Å². The van der Waals surface area contributed by atoms with Crippen LogP contribution in [-0.4, -0.2) is 63.5 Å². The quantitative estimate of drug-likeness (QED) is 0.367. The number of carbonyl (C=O) groups excluding carboxylic acids is 1. The molecule has 34 heavy (non-hydrogen) atoms. The van der Waals surface area contributed by atoms with Crippen LogP contribution in [0.25, 0.3) is 22.3 Å².